The van der Waals surface area contributed by atoms with Crippen LogP contribution >= 0.6 is 0 Å². The van der Waals surface area contributed by atoms with Crippen LogP contribution in [0.4, 0.5) is 38.5 Å². The number of nitrogens with zero attached hydrogens (tertiary/aromatic N) is 4. The van der Waals surface area contributed by atoms with Crippen molar-refractivity contribution < 1.29 is 4.39 Å². The number of rotatable bonds is 8. The number of aromatic nitrogens is 2. The van der Waals surface area contributed by atoms with Crippen molar-refractivity contribution >= 4 is 77.7 Å². The van der Waals surface area contributed by atoms with E-state index in [0.29, 0.717) is 0 Å². The molecule has 79 heavy (non-hydrogen) atoms. The predicted octanol–water partition coefficient (Wildman–Crippen LogP) is 19.4. The molecule has 0 amide bonds. The molecule has 384 valence electrons. The zero-order valence-electron chi connectivity index (χ0n) is 46.3. The Morgan fingerprint density at radius 1 is 0.329 bits per heavy atom. The molecule has 0 atom stereocenters. The van der Waals surface area contributed by atoms with E-state index < -0.39 is 0 Å². The minimum atomic E-state index is -0.314. The number of aryl methyl sites for hydroxylation is 1. The number of fused-ring (bicyclic) bond motifs is 2. The van der Waals surface area contributed by atoms with Crippen molar-refractivity contribution in [1.29, 1.82) is 0 Å². The third-order valence-electron chi connectivity index (χ3n) is 19.2. The lowest BCUT2D eigenvalue weighted by Gasteiger charge is -2.42. The van der Waals surface area contributed by atoms with Crippen molar-refractivity contribution in [3.63, 3.8) is 0 Å². The van der Waals surface area contributed by atoms with Crippen LogP contribution in [-0.2, 0) is 28.1 Å². The fourth-order valence-corrected chi connectivity index (χ4v) is 15.4. The molecule has 6 heterocycles. The molecule has 4 nitrogen and oxygen atoms in total. The molecule has 4 aliphatic rings. The topological polar surface area (TPSA) is 16.3 Å². The maximum atomic E-state index is 14.7. The molecule has 0 saturated heterocycles. The highest BCUT2D eigenvalue weighted by Crippen LogP contribution is 2.59. The molecule has 5 heteroatoms. The van der Waals surface area contributed by atoms with Gasteiger partial charge in [0.1, 0.15) is 5.82 Å². The number of halogens is 1. The van der Waals surface area contributed by atoms with Crippen molar-refractivity contribution in [3.05, 3.63) is 261 Å². The SMILES string of the molecule is Cc1cc(Cc2cc3c4c(c2)c2cc(N(c5ccccc5)c5ccc(F)cc5)cc5c2n4-c2c(cccc2C5(C)C)C3(C)C)cc(N(c2ccccc2)c2cc3c4c(c2)c2cccc5c2n4-c2c(cccc2C3(C)C)C5(C)C)c1. The van der Waals surface area contributed by atoms with E-state index in [1.54, 1.807) is 12.1 Å². The second-order valence-corrected chi connectivity index (χ2v) is 25.3. The van der Waals surface area contributed by atoms with E-state index in [1.165, 1.54) is 116 Å². The number of benzene rings is 10. The summed E-state index contributed by atoms with van der Waals surface area (Å²) < 4.78 is 19.9. The first-order valence-corrected chi connectivity index (χ1v) is 28.2. The number of para-hydroxylation sites is 5. The second-order valence-electron chi connectivity index (χ2n) is 25.3. The van der Waals surface area contributed by atoms with Gasteiger partial charge in [-0.15, -0.1) is 0 Å². The van der Waals surface area contributed by atoms with Crippen LogP contribution in [0.5, 0.6) is 0 Å². The van der Waals surface area contributed by atoms with Crippen molar-refractivity contribution in [2.75, 3.05) is 9.80 Å². The summed E-state index contributed by atoms with van der Waals surface area (Å²) in [6.45, 7) is 21.6. The van der Waals surface area contributed by atoms with Crippen molar-refractivity contribution in [2.45, 2.75) is 90.4 Å². The summed E-state index contributed by atoms with van der Waals surface area (Å²) in [6.07, 6.45) is 0.752. The molecule has 0 aliphatic carbocycles. The van der Waals surface area contributed by atoms with Gasteiger partial charge >= 0.3 is 0 Å². The number of hydrogen-bond donors (Lipinski definition) is 0. The summed E-state index contributed by atoms with van der Waals surface area (Å²) in [5.41, 5.74) is 27.9. The average Bonchev–Trinajstić information content (AvgIpc) is 2.86. The molecule has 0 unspecified atom stereocenters. The van der Waals surface area contributed by atoms with Crippen LogP contribution in [0.2, 0.25) is 0 Å². The summed E-state index contributed by atoms with van der Waals surface area (Å²) in [5.74, 6) is -0.250. The summed E-state index contributed by atoms with van der Waals surface area (Å²) in [7, 11) is 0. The van der Waals surface area contributed by atoms with Crippen LogP contribution in [0.15, 0.2) is 194 Å². The molecule has 0 radical (unpaired) electrons. The van der Waals surface area contributed by atoms with E-state index >= 15 is 0 Å². The highest BCUT2D eigenvalue weighted by Gasteiger charge is 2.46. The molecule has 0 bridgehead atoms. The first-order chi connectivity index (χ1) is 38.0. The lowest BCUT2D eigenvalue weighted by Crippen LogP contribution is -2.33. The van der Waals surface area contributed by atoms with Gasteiger partial charge in [-0.25, -0.2) is 4.39 Å². The van der Waals surface area contributed by atoms with Crippen LogP contribution in [0.3, 0.4) is 0 Å². The Kier molecular flexibility index (Phi) is 9.13. The van der Waals surface area contributed by atoms with E-state index in [-0.39, 0.29) is 27.5 Å². The minimum absolute atomic E-state index is 0.144. The van der Waals surface area contributed by atoms with E-state index in [0.717, 1.165) is 40.5 Å². The smallest absolute Gasteiger partial charge is 0.123 e. The molecule has 12 aromatic rings. The van der Waals surface area contributed by atoms with Gasteiger partial charge in [0.25, 0.3) is 0 Å². The Bertz CT molecular complexity index is 4640. The van der Waals surface area contributed by atoms with Gasteiger partial charge in [0.05, 0.1) is 33.4 Å². The highest BCUT2D eigenvalue weighted by molar-refractivity contribution is 6.17. The van der Waals surface area contributed by atoms with Gasteiger partial charge < -0.3 is 18.9 Å². The van der Waals surface area contributed by atoms with Crippen LogP contribution in [-0.4, -0.2) is 9.13 Å². The Morgan fingerprint density at radius 2 is 0.722 bits per heavy atom. The highest BCUT2D eigenvalue weighted by atomic mass is 19.1. The number of anilines is 6. The van der Waals surface area contributed by atoms with Gasteiger partial charge in [-0.1, -0.05) is 159 Å². The fourth-order valence-electron chi connectivity index (χ4n) is 15.4. The maximum Gasteiger partial charge on any atom is 0.123 e. The van der Waals surface area contributed by atoms with E-state index in [4.69, 9.17) is 0 Å². The molecular formula is C74H61FN4. The monoisotopic (exact) mass is 1020 g/mol. The lowest BCUT2D eigenvalue weighted by atomic mass is 9.68. The lowest BCUT2D eigenvalue weighted by molar-refractivity contribution is 0.593. The molecular weight excluding hydrogens is 964 g/mol. The minimum Gasteiger partial charge on any atom is -0.310 e. The van der Waals surface area contributed by atoms with Crippen LogP contribution in [0, 0.1) is 12.7 Å². The normalized spacial score (nSPS) is 15.9. The zero-order chi connectivity index (χ0) is 53.8. The van der Waals surface area contributed by atoms with Crippen molar-refractivity contribution in [1.82, 2.24) is 9.13 Å². The molecule has 0 fully saturated rings. The summed E-state index contributed by atoms with van der Waals surface area (Å²) in [6, 6.07) is 71.4. The predicted molar refractivity (Wildman–Crippen MR) is 327 cm³/mol. The Balaban J connectivity index is 0.901. The van der Waals surface area contributed by atoms with E-state index in [1.807, 2.05) is 12.1 Å². The Labute approximate surface area is 461 Å². The third-order valence-corrected chi connectivity index (χ3v) is 19.2. The zero-order valence-corrected chi connectivity index (χ0v) is 46.3. The second kappa shape index (κ2) is 15.5. The van der Waals surface area contributed by atoms with Crippen LogP contribution in [0.25, 0.3) is 55.0 Å². The molecule has 4 aliphatic heterocycles. The van der Waals surface area contributed by atoms with Gasteiger partial charge in [0.15, 0.2) is 0 Å². The first kappa shape index (κ1) is 46.4. The number of hydrogen-bond acceptors (Lipinski definition) is 2. The molecule has 16 rings (SSSR count). The Hall–Kier alpha value is -8.67. The average molecular weight is 1030 g/mol. The first-order valence-electron chi connectivity index (χ1n) is 28.2. The van der Waals surface area contributed by atoms with Crippen molar-refractivity contribution in [2.24, 2.45) is 0 Å². The largest absolute Gasteiger partial charge is 0.310 e. The van der Waals surface area contributed by atoms with Gasteiger partial charge in [0.2, 0.25) is 0 Å². The molecule has 2 aromatic heterocycles. The Morgan fingerprint density at radius 3 is 1.25 bits per heavy atom. The third kappa shape index (κ3) is 6.08. The molecule has 10 aromatic carbocycles. The summed E-state index contributed by atoms with van der Waals surface area (Å²) in [5, 5.41) is 5.10. The molecule has 0 spiro atoms. The quantitative estimate of drug-likeness (QED) is 0.151. The maximum absolute atomic E-state index is 14.7. The summed E-state index contributed by atoms with van der Waals surface area (Å²) in [4.78, 5) is 4.79. The summed E-state index contributed by atoms with van der Waals surface area (Å²) >= 11 is 0. The fraction of sp³-hybridized carbons (Fsp3) is 0.189. The molecule has 0 N–H and O–H groups in total. The van der Waals surface area contributed by atoms with Gasteiger partial charge in [-0.2, -0.15) is 0 Å². The van der Waals surface area contributed by atoms with E-state index in [9.17, 15) is 4.39 Å². The van der Waals surface area contributed by atoms with Crippen LogP contribution in [0.1, 0.15) is 117 Å². The van der Waals surface area contributed by atoms with Crippen LogP contribution < -0.4 is 9.80 Å². The van der Waals surface area contributed by atoms with Gasteiger partial charge in [-0.3, -0.25) is 0 Å². The van der Waals surface area contributed by atoms with Crippen molar-refractivity contribution in [3.8, 4) is 11.4 Å². The standard InChI is InChI=1S/C74H61FN4/c1-43-33-44(36-50(34-43)77(48-21-14-11-15-22-48)52-39-55-53-23-16-24-57-65(53)78-67(55)63(42-52)73(6,7)60-27-17-25-58(69(60)78)71(57,2)3)35-45-37-54-56-40-51(76(47-19-12-10-13-20-47)49-31-29-46(75)30-32-49)41-64-68(56)79-66(54)62(38-45)72(4,5)59-26-18-28-61(70(59)79)74(64,8)9/h10-34,36-42H,35H2,1-9H3. The molecule has 0 saturated carbocycles. The van der Waals surface area contributed by atoms with Gasteiger partial charge in [-0.05, 0) is 166 Å². The van der Waals surface area contributed by atoms with E-state index in [2.05, 4.69) is 251 Å². The van der Waals surface area contributed by atoms with Gasteiger partial charge in [0, 0.05) is 77.3 Å².